The van der Waals surface area contributed by atoms with E-state index in [-0.39, 0.29) is 17.5 Å². The molecule has 2 aromatic rings. The monoisotopic (exact) mass is 539 g/mol. The van der Waals surface area contributed by atoms with Crippen LogP contribution in [0.15, 0.2) is 52.6 Å². The number of nitrogens with one attached hydrogen (secondary N) is 2. The molecule has 1 aromatic heterocycles. The molecule has 0 saturated heterocycles. The Morgan fingerprint density at radius 1 is 1.17 bits per heavy atom. The minimum Gasteiger partial charge on any atom is -0.352 e. The molecule has 0 spiro atoms. The summed E-state index contributed by atoms with van der Waals surface area (Å²) in [6.45, 7) is 9.84. The lowest BCUT2D eigenvalue weighted by Gasteiger charge is -2.19. The molecule has 0 aliphatic rings. The quantitative estimate of drug-likeness (QED) is 0.164. The molecule has 0 aliphatic carbocycles. The number of carbonyl (C=O) groups excluding carboxylic acids is 2. The van der Waals surface area contributed by atoms with Gasteiger partial charge in [0.15, 0.2) is 0 Å². The summed E-state index contributed by atoms with van der Waals surface area (Å²) in [5, 5.41) is 15.5. The van der Waals surface area contributed by atoms with Gasteiger partial charge in [-0.15, -0.1) is 0 Å². The van der Waals surface area contributed by atoms with Gasteiger partial charge in [0.1, 0.15) is 16.2 Å². The zero-order chi connectivity index (χ0) is 25.6. The number of nitriles is 1. The Balaban J connectivity index is 2.09. The van der Waals surface area contributed by atoms with Crippen molar-refractivity contribution < 1.29 is 9.59 Å². The van der Waals surface area contributed by atoms with Gasteiger partial charge in [0, 0.05) is 12.1 Å². The maximum atomic E-state index is 12.9. The summed E-state index contributed by atoms with van der Waals surface area (Å²) < 4.78 is 0.621. The van der Waals surface area contributed by atoms with Crippen LogP contribution in [0.4, 0.5) is 0 Å². The van der Waals surface area contributed by atoms with E-state index in [4.69, 9.17) is 0 Å². The molecule has 7 nitrogen and oxygen atoms in total. The predicted octanol–water partition coefficient (Wildman–Crippen LogP) is 4.87. The fourth-order valence-corrected chi connectivity index (χ4v) is 4.05. The van der Waals surface area contributed by atoms with E-state index in [1.165, 1.54) is 6.08 Å². The molecule has 0 aliphatic heterocycles. The summed E-state index contributed by atoms with van der Waals surface area (Å²) in [5.74, 6) is -0.606. The number of hydrogen-bond donors (Lipinski definition) is 2. The third kappa shape index (κ3) is 9.27. The maximum absolute atomic E-state index is 12.9. The van der Waals surface area contributed by atoms with Crippen LogP contribution in [-0.4, -0.2) is 47.9 Å². The Labute approximate surface area is 216 Å². The standard InChI is InChI=1S/C27H34BrN5O2/c1-4-10-24(32-27(35)22(19-29)18-23-13-8-14-25(28)31-23)20-11-7-12-21(17-20)26(34)30-15-9-16-33(5-2)6-3/h7-8,11-14,17-18,24H,4-6,9-10,15-16H2,1-3H3,(H,30,34)(H,32,35)/b22-18+. The summed E-state index contributed by atoms with van der Waals surface area (Å²) in [6.07, 6.45) is 3.85. The lowest BCUT2D eigenvalue weighted by atomic mass is 9.99. The van der Waals surface area contributed by atoms with Crippen LogP contribution in [0.2, 0.25) is 0 Å². The van der Waals surface area contributed by atoms with Gasteiger partial charge >= 0.3 is 0 Å². The van der Waals surface area contributed by atoms with Crippen LogP contribution in [0, 0.1) is 11.3 Å². The van der Waals surface area contributed by atoms with Crippen molar-refractivity contribution in [2.24, 2.45) is 0 Å². The van der Waals surface area contributed by atoms with E-state index < -0.39 is 5.91 Å². The van der Waals surface area contributed by atoms with Crippen molar-refractivity contribution in [3.8, 4) is 6.07 Å². The first-order valence-corrected chi connectivity index (χ1v) is 12.9. The highest BCUT2D eigenvalue weighted by molar-refractivity contribution is 9.10. The molecule has 35 heavy (non-hydrogen) atoms. The van der Waals surface area contributed by atoms with Crippen molar-refractivity contribution in [3.63, 3.8) is 0 Å². The highest BCUT2D eigenvalue weighted by Gasteiger charge is 2.18. The van der Waals surface area contributed by atoms with Gasteiger partial charge in [-0.05, 0) is 84.3 Å². The van der Waals surface area contributed by atoms with Crippen molar-refractivity contribution in [2.75, 3.05) is 26.2 Å². The summed E-state index contributed by atoms with van der Waals surface area (Å²) in [5.41, 5.74) is 1.86. The van der Waals surface area contributed by atoms with Gasteiger partial charge in [0.2, 0.25) is 0 Å². The third-order valence-electron chi connectivity index (χ3n) is 5.66. The molecule has 1 aromatic carbocycles. The number of rotatable bonds is 13. The van der Waals surface area contributed by atoms with Crippen molar-refractivity contribution in [1.29, 1.82) is 5.26 Å². The predicted molar refractivity (Wildman–Crippen MR) is 142 cm³/mol. The van der Waals surface area contributed by atoms with Crippen LogP contribution >= 0.6 is 15.9 Å². The van der Waals surface area contributed by atoms with E-state index in [2.05, 4.69) is 50.3 Å². The van der Waals surface area contributed by atoms with E-state index in [1.54, 1.807) is 24.3 Å². The zero-order valence-corrected chi connectivity index (χ0v) is 22.3. The first-order chi connectivity index (χ1) is 16.9. The Bertz CT molecular complexity index is 1060. The molecule has 0 fully saturated rings. The number of hydrogen-bond acceptors (Lipinski definition) is 5. The minimum absolute atomic E-state index is 0.0289. The van der Waals surface area contributed by atoms with Crippen LogP contribution in [0.5, 0.6) is 0 Å². The minimum atomic E-state index is -0.473. The molecule has 0 radical (unpaired) electrons. The molecule has 186 valence electrons. The maximum Gasteiger partial charge on any atom is 0.262 e. The average molecular weight is 541 g/mol. The summed E-state index contributed by atoms with van der Waals surface area (Å²) >= 11 is 3.29. The summed E-state index contributed by atoms with van der Waals surface area (Å²) in [6, 6.07) is 14.2. The molecule has 2 N–H and O–H groups in total. The second-order valence-electron chi connectivity index (χ2n) is 8.13. The van der Waals surface area contributed by atoms with E-state index >= 15 is 0 Å². The molecule has 1 heterocycles. The molecule has 1 unspecified atom stereocenters. The second kappa shape index (κ2) is 15.1. The molecule has 2 rings (SSSR count). The highest BCUT2D eigenvalue weighted by atomic mass is 79.9. The summed E-state index contributed by atoms with van der Waals surface area (Å²) in [4.78, 5) is 32.2. The lowest BCUT2D eigenvalue weighted by Crippen LogP contribution is -2.31. The van der Waals surface area contributed by atoms with E-state index in [0.717, 1.165) is 38.0 Å². The topological polar surface area (TPSA) is 98.1 Å². The normalized spacial score (nSPS) is 12.2. The molecule has 0 bridgehead atoms. The van der Waals surface area contributed by atoms with Crippen molar-refractivity contribution in [3.05, 3.63) is 69.5 Å². The van der Waals surface area contributed by atoms with E-state index in [1.807, 2.05) is 31.2 Å². The van der Waals surface area contributed by atoms with Crippen LogP contribution in [0.3, 0.4) is 0 Å². The molecular weight excluding hydrogens is 506 g/mol. The smallest absolute Gasteiger partial charge is 0.262 e. The van der Waals surface area contributed by atoms with Crippen LogP contribution in [0.1, 0.15) is 67.7 Å². The highest BCUT2D eigenvalue weighted by Crippen LogP contribution is 2.21. The third-order valence-corrected chi connectivity index (χ3v) is 6.10. The summed E-state index contributed by atoms with van der Waals surface area (Å²) in [7, 11) is 0. The van der Waals surface area contributed by atoms with Gasteiger partial charge in [-0.1, -0.05) is 45.4 Å². The fraction of sp³-hybridized carbons (Fsp3) is 0.407. The largest absolute Gasteiger partial charge is 0.352 e. The Hall–Kier alpha value is -3.02. The van der Waals surface area contributed by atoms with E-state index in [0.29, 0.717) is 28.8 Å². The number of carbonyl (C=O) groups is 2. The molecule has 1 atom stereocenters. The van der Waals surface area contributed by atoms with E-state index in [9.17, 15) is 14.9 Å². The zero-order valence-electron chi connectivity index (χ0n) is 20.7. The van der Waals surface area contributed by atoms with Gasteiger partial charge in [-0.3, -0.25) is 9.59 Å². The molecule has 2 amide bonds. The molecular formula is C27H34BrN5O2. The number of nitrogens with zero attached hydrogens (tertiary/aromatic N) is 3. The van der Waals surface area contributed by atoms with Crippen molar-refractivity contribution >= 4 is 33.8 Å². The van der Waals surface area contributed by atoms with Gasteiger partial charge in [-0.25, -0.2) is 4.98 Å². The van der Waals surface area contributed by atoms with Crippen LogP contribution < -0.4 is 10.6 Å². The number of aromatic nitrogens is 1. The number of halogens is 1. The average Bonchev–Trinajstić information content (AvgIpc) is 2.87. The Kier molecular flexibility index (Phi) is 12.2. The Morgan fingerprint density at radius 3 is 2.57 bits per heavy atom. The van der Waals surface area contributed by atoms with Crippen LogP contribution in [0.25, 0.3) is 6.08 Å². The van der Waals surface area contributed by atoms with Crippen molar-refractivity contribution in [2.45, 2.75) is 46.1 Å². The number of benzene rings is 1. The van der Waals surface area contributed by atoms with Gasteiger partial charge in [-0.2, -0.15) is 5.26 Å². The van der Waals surface area contributed by atoms with Gasteiger partial charge in [0.05, 0.1) is 11.7 Å². The van der Waals surface area contributed by atoms with Gasteiger partial charge in [0.25, 0.3) is 11.8 Å². The number of pyridine rings is 1. The van der Waals surface area contributed by atoms with Crippen LogP contribution in [-0.2, 0) is 4.79 Å². The SMILES string of the molecule is CCCC(NC(=O)/C(C#N)=C/c1cccc(Br)n1)c1cccc(C(=O)NCCCN(CC)CC)c1. The second-order valence-corrected chi connectivity index (χ2v) is 8.94. The first kappa shape index (κ1) is 28.2. The fourth-order valence-electron chi connectivity index (χ4n) is 3.69. The Morgan fingerprint density at radius 2 is 1.91 bits per heavy atom. The van der Waals surface area contributed by atoms with Crippen molar-refractivity contribution in [1.82, 2.24) is 20.5 Å². The molecule has 0 saturated carbocycles. The lowest BCUT2D eigenvalue weighted by molar-refractivity contribution is -0.117. The number of amides is 2. The van der Waals surface area contributed by atoms with Gasteiger partial charge < -0.3 is 15.5 Å². The first-order valence-electron chi connectivity index (χ1n) is 12.1. The molecule has 8 heteroatoms.